The molecule has 0 spiro atoms. The molecule has 0 aliphatic heterocycles. The van der Waals surface area contributed by atoms with Gasteiger partial charge in [-0.15, -0.1) is 11.8 Å². The lowest BCUT2D eigenvalue weighted by Gasteiger charge is -2.29. The largest absolute Gasteiger partial charge is 0.396 e. The maximum Gasteiger partial charge on any atom is 0.224 e. The summed E-state index contributed by atoms with van der Waals surface area (Å²) in [6, 6.07) is 15.5. The number of para-hydroxylation sites is 1. The van der Waals surface area contributed by atoms with Crippen molar-refractivity contribution in [1.82, 2.24) is 9.97 Å². The summed E-state index contributed by atoms with van der Waals surface area (Å²) in [7, 11) is 0. The predicted octanol–water partition coefficient (Wildman–Crippen LogP) is 3.81. The minimum absolute atomic E-state index is 0.0133. The van der Waals surface area contributed by atoms with Crippen LogP contribution in [0, 0.1) is 0 Å². The number of nitrogens with zero attached hydrogens (tertiary/aromatic N) is 3. The average molecular weight is 375 g/mol. The Kier molecular flexibility index (Phi) is 5.75. The third-order valence-electron chi connectivity index (χ3n) is 4.04. The topological polar surface area (TPSA) is 75.3 Å². The number of thioether (sulfide) groups is 1. The monoisotopic (exact) mass is 374 g/mol. The maximum atomic E-state index is 9.52. The van der Waals surface area contributed by atoms with Gasteiger partial charge in [0, 0.05) is 16.9 Å². The van der Waals surface area contributed by atoms with E-state index in [9.17, 15) is 5.11 Å². The van der Waals surface area contributed by atoms with Crippen LogP contribution >= 0.6 is 23.4 Å². The highest BCUT2D eigenvalue weighted by atomic mass is 35.5. The number of aliphatic hydroxyl groups excluding tert-OH is 1. The van der Waals surface area contributed by atoms with E-state index in [4.69, 9.17) is 17.4 Å². The summed E-state index contributed by atoms with van der Waals surface area (Å²) in [5.41, 5.74) is 1.74. The van der Waals surface area contributed by atoms with E-state index in [2.05, 4.69) is 9.97 Å². The predicted molar refractivity (Wildman–Crippen MR) is 104 cm³/mol. The fraction of sp³-hybridized carbons (Fsp3) is 0.222. The van der Waals surface area contributed by atoms with Crippen LogP contribution < -0.4 is 10.9 Å². The number of anilines is 1. The number of aliphatic hydroxyl groups is 1. The van der Waals surface area contributed by atoms with Gasteiger partial charge in [-0.2, -0.15) is 4.98 Å². The number of aromatic nitrogens is 2. The van der Waals surface area contributed by atoms with Gasteiger partial charge in [-0.3, -0.25) is 5.01 Å². The molecule has 3 N–H and O–H groups in total. The van der Waals surface area contributed by atoms with E-state index >= 15 is 0 Å². The molecule has 3 aromatic rings. The Balaban J connectivity index is 2.04. The van der Waals surface area contributed by atoms with Crippen LogP contribution in [-0.2, 0) is 0 Å². The molecule has 0 fully saturated rings. The van der Waals surface area contributed by atoms with Crippen LogP contribution in [-0.4, -0.2) is 27.9 Å². The summed E-state index contributed by atoms with van der Waals surface area (Å²) in [4.78, 5) is 9.74. The number of fused-ring (bicyclic) bond motifs is 1. The molecule has 25 heavy (non-hydrogen) atoms. The van der Waals surface area contributed by atoms with E-state index in [1.54, 1.807) is 16.8 Å². The quantitative estimate of drug-likeness (QED) is 0.296. The Hall–Kier alpha value is -1.86. The van der Waals surface area contributed by atoms with Crippen LogP contribution in [0.25, 0.3) is 10.9 Å². The van der Waals surface area contributed by atoms with Crippen LogP contribution in [0.2, 0.25) is 5.28 Å². The van der Waals surface area contributed by atoms with Gasteiger partial charge in [-0.25, -0.2) is 10.8 Å². The van der Waals surface area contributed by atoms with Crippen molar-refractivity contribution in [3.63, 3.8) is 0 Å². The van der Waals surface area contributed by atoms with Gasteiger partial charge in [0.15, 0.2) is 5.82 Å². The molecule has 1 atom stereocenters. The molecule has 1 heterocycles. The number of rotatable bonds is 6. The minimum Gasteiger partial charge on any atom is -0.396 e. The van der Waals surface area contributed by atoms with Crippen molar-refractivity contribution in [3.8, 4) is 0 Å². The highest BCUT2D eigenvalue weighted by Gasteiger charge is 2.21. The Bertz CT molecular complexity index is 859. The molecule has 0 aliphatic carbocycles. The van der Waals surface area contributed by atoms with Gasteiger partial charge in [0.25, 0.3) is 0 Å². The van der Waals surface area contributed by atoms with Crippen molar-refractivity contribution in [2.75, 3.05) is 17.9 Å². The molecule has 1 aromatic heterocycles. The molecular formula is C18H19ClN4OS. The molecule has 0 saturated heterocycles. The number of nitrogens with two attached hydrogens (primary N) is 1. The number of benzene rings is 2. The van der Waals surface area contributed by atoms with Crippen molar-refractivity contribution >= 4 is 40.1 Å². The minimum atomic E-state index is -0.227. The first kappa shape index (κ1) is 17.9. The molecule has 5 nitrogen and oxygen atoms in total. The molecule has 3 rings (SSSR count). The highest BCUT2D eigenvalue weighted by molar-refractivity contribution is 7.98. The second-order valence-electron chi connectivity index (χ2n) is 5.54. The zero-order chi connectivity index (χ0) is 17.8. The summed E-state index contributed by atoms with van der Waals surface area (Å²) in [5.74, 6) is 6.98. The second kappa shape index (κ2) is 8.01. The summed E-state index contributed by atoms with van der Waals surface area (Å²) < 4.78 is 0. The van der Waals surface area contributed by atoms with Gasteiger partial charge in [0.1, 0.15) is 0 Å². The summed E-state index contributed by atoms with van der Waals surface area (Å²) in [5, 5.41) is 12.0. The van der Waals surface area contributed by atoms with E-state index in [0.717, 1.165) is 16.5 Å². The van der Waals surface area contributed by atoms with Crippen molar-refractivity contribution in [2.45, 2.75) is 17.4 Å². The Morgan fingerprint density at radius 2 is 1.88 bits per heavy atom. The Labute approximate surface area is 155 Å². The average Bonchev–Trinajstić information content (AvgIpc) is 2.65. The first-order chi connectivity index (χ1) is 12.1. The summed E-state index contributed by atoms with van der Waals surface area (Å²) in [6.45, 7) is 0.0133. The van der Waals surface area contributed by atoms with Crippen molar-refractivity contribution in [3.05, 3.63) is 59.4 Å². The standard InChI is InChI=1S/C18H19ClN4OS/c1-25-13-8-6-12(7-9-13)16(10-11-24)23(20)17-14-4-2-3-5-15(14)21-18(19)22-17/h2-9,16,24H,10-11,20H2,1H3. The molecule has 2 aromatic carbocycles. The number of halogens is 1. The first-order valence-electron chi connectivity index (χ1n) is 7.85. The van der Waals surface area contributed by atoms with Crippen LogP contribution in [0.15, 0.2) is 53.4 Å². The molecule has 7 heteroatoms. The fourth-order valence-electron chi connectivity index (χ4n) is 2.79. The lowest BCUT2D eigenvalue weighted by Crippen LogP contribution is -2.37. The molecule has 130 valence electrons. The van der Waals surface area contributed by atoms with Crippen molar-refractivity contribution in [2.24, 2.45) is 5.84 Å². The summed E-state index contributed by atoms with van der Waals surface area (Å²) >= 11 is 7.76. The molecule has 1 unspecified atom stereocenters. The fourth-order valence-corrected chi connectivity index (χ4v) is 3.37. The number of hydrazine groups is 1. The van der Waals surface area contributed by atoms with Gasteiger partial charge < -0.3 is 5.11 Å². The van der Waals surface area contributed by atoms with Crippen LogP contribution in [0.1, 0.15) is 18.0 Å². The van der Waals surface area contributed by atoms with Gasteiger partial charge in [0.2, 0.25) is 5.28 Å². The molecule has 0 saturated carbocycles. The summed E-state index contributed by atoms with van der Waals surface area (Å²) in [6.07, 6.45) is 2.51. The maximum absolute atomic E-state index is 9.52. The number of hydrogen-bond donors (Lipinski definition) is 2. The smallest absolute Gasteiger partial charge is 0.224 e. The van der Waals surface area contributed by atoms with E-state index in [-0.39, 0.29) is 17.9 Å². The van der Waals surface area contributed by atoms with E-state index in [0.29, 0.717) is 12.2 Å². The third-order valence-corrected chi connectivity index (χ3v) is 4.95. The van der Waals surface area contributed by atoms with Crippen LogP contribution in [0.3, 0.4) is 0 Å². The van der Waals surface area contributed by atoms with Crippen molar-refractivity contribution in [1.29, 1.82) is 0 Å². The zero-order valence-corrected chi connectivity index (χ0v) is 15.3. The van der Waals surface area contributed by atoms with Gasteiger partial charge in [0.05, 0.1) is 11.6 Å². The SMILES string of the molecule is CSc1ccc(C(CCO)N(N)c2nc(Cl)nc3ccccc23)cc1. The lowest BCUT2D eigenvalue weighted by atomic mass is 10.0. The van der Waals surface area contributed by atoms with Crippen molar-refractivity contribution < 1.29 is 5.11 Å². The Morgan fingerprint density at radius 1 is 1.16 bits per heavy atom. The van der Waals surface area contributed by atoms with E-state index < -0.39 is 0 Å². The molecular weight excluding hydrogens is 356 g/mol. The molecule has 0 radical (unpaired) electrons. The second-order valence-corrected chi connectivity index (χ2v) is 6.76. The normalized spacial score (nSPS) is 12.3. The highest BCUT2D eigenvalue weighted by Crippen LogP contribution is 2.31. The van der Waals surface area contributed by atoms with Gasteiger partial charge >= 0.3 is 0 Å². The lowest BCUT2D eigenvalue weighted by molar-refractivity contribution is 0.273. The number of hydrogen-bond acceptors (Lipinski definition) is 6. The van der Waals surface area contributed by atoms with Gasteiger partial charge in [-0.05, 0) is 54.1 Å². The molecule has 0 bridgehead atoms. The molecule has 0 aliphatic rings. The van der Waals surface area contributed by atoms with Gasteiger partial charge in [-0.1, -0.05) is 24.3 Å². The van der Waals surface area contributed by atoms with E-state index in [1.165, 1.54) is 4.90 Å². The Morgan fingerprint density at radius 3 is 2.56 bits per heavy atom. The zero-order valence-electron chi connectivity index (χ0n) is 13.8. The first-order valence-corrected chi connectivity index (χ1v) is 9.45. The van der Waals surface area contributed by atoms with Crippen LogP contribution in [0.4, 0.5) is 5.82 Å². The molecule has 0 amide bonds. The van der Waals surface area contributed by atoms with Crippen LogP contribution in [0.5, 0.6) is 0 Å². The van der Waals surface area contributed by atoms with E-state index in [1.807, 2.05) is 54.8 Å². The third kappa shape index (κ3) is 3.88.